The van der Waals surface area contributed by atoms with Crippen LogP contribution in [-0.2, 0) is 14.8 Å². The molecule has 1 aliphatic heterocycles. The lowest BCUT2D eigenvalue weighted by atomic mass is 10.2. The summed E-state index contributed by atoms with van der Waals surface area (Å²) in [5, 5.41) is 13.6. The Morgan fingerprint density at radius 3 is 2.50 bits per heavy atom. The first kappa shape index (κ1) is 22.3. The number of nitro groups is 1. The van der Waals surface area contributed by atoms with Gasteiger partial charge in [0.25, 0.3) is 5.69 Å². The number of halogens is 1. The summed E-state index contributed by atoms with van der Waals surface area (Å²) in [7, 11) is -3.59. The molecule has 0 aliphatic carbocycles. The average Bonchev–Trinajstić information content (AvgIpc) is 2.70. The highest BCUT2D eigenvalue weighted by Gasteiger charge is 2.29. The topological polar surface area (TPSA) is 113 Å². The lowest BCUT2D eigenvalue weighted by Gasteiger charge is -2.33. The number of nitrogens with zero attached hydrogens (tertiary/aromatic N) is 3. The van der Waals surface area contributed by atoms with Gasteiger partial charge in [-0.05, 0) is 30.7 Å². The number of aryl methyl sites for hydroxylation is 1. The van der Waals surface area contributed by atoms with E-state index in [1.165, 1.54) is 16.4 Å². The molecule has 1 N–H and O–H groups in total. The molecule has 1 amide bonds. The number of piperazine rings is 1. The van der Waals surface area contributed by atoms with Crippen LogP contribution in [0.25, 0.3) is 0 Å². The van der Waals surface area contributed by atoms with Crippen LogP contribution >= 0.6 is 15.9 Å². The molecule has 160 valence electrons. The van der Waals surface area contributed by atoms with E-state index in [1.54, 1.807) is 37.3 Å². The van der Waals surface area contributed by atoms with Crippen LogP contribution in [0.3, 0.4) is 0 Å². The maximum Gasteiger partial charge on any atom is 0.271 e. The van der Waals surface area contributed by atoms with Gasteiger partial charge >= 0.3 is 0 Å². The number of benzene rings is 2. The SMILES string of the molecule is Cc1ccc([N+](=O)[O-])cc1NC(=O)CN1CCN(S(=O)(=O)c2cccc(Br)c2)CC1. The second-order valence-electron chi connectivity index (χ2n) is 6.94. The predicted octanol–water partition coefficient (Wildman–Crippen LogP) is 2.61. The van der Waals surface area contributed by atoms with Crippen molar-refractivity contribution >= 4 is 43.2 Å². The minimum atomic E-state index is -3.59. The summed E-state index contributed by atoms with van der Waals surface area (Å²) in [4.78, 5) is 24.9. The van der Waals surface area contributed by atoms with E-state index in [0.29, 0.717) is 23.2 Å². The van der Waals surface area contributed by atoms with E-state index in [0.717, 1.165) is 5.56 Å². The van der Waals surface area contributed by atoms with Crippen molar-refractivity contribution in [3.63, 3.8) is 0 Å². The number of non-ortho nitro benzene ring substituents is 1. The zero-order valence-electron chi connectivity index (χ0n) is 16.2. The summed E-state index contributed by atoms with van der Waals surface area (Å²) in [6, 6.07) is 10.9. The third-order valence-electron chi connectivity index (χ3n) is 4.84. The van der Waals surface area contributed by atoms with Gasteiger partial charge in [-0.1, -0.05) is 28.1 Å². The van der Waals surface area contributed by atoms with Crippen molar-refractivity contribution in [3.05, 3.63) is 62.6 Å². The number of carbonyl (C=O) groups is 1. The molecule has 0 unspecified atom stereocenters. The Morgan fingerprint density at radius 2 is 1.87 bits per heavy atom. The normalized spacial score (nSPS) is 15.7. The number of amides is 1. The highest BCUT2D eigenvalue weighted by Crippen LogP contribution is 2.23. The standard InChI is InChI=1S/C19H21BrN4O5S/c1-14-5-6-16(24(26)27)12-18(14)21-19(25)13-22-7-9-23(10-8-22)30(28,29)17-4-2-3-15(20)11-17/h2-6,11-12H,7-10,13H2,1H3,(H,21,25). The summed E-state index contributed by atoms with van der Waals surface area (Å²) in [6.45, 7) is 3.21. The van der Waals surface area contributed by atoms with E-state index in [1.807, 2.05) is 4.90 Å². The van der Waals surface area contributed by atoms with Crippen molar-refractivity contribution in [1.29, 1.82) is 0 Å². The van der Waals surface area contributed by atoms with Crippen LogP contribution in [0.1, 0.15) is 5.56 Å². The first-order valence-corrected chi connectivity index (χ1v) is 11.4. The Balaban J connectivity index is 1.58. The molecule has 11 heteroatoms. The Labute approximate surface area is 183 Å². The molecular formula is C19H21BrN4O5S. The van der Waals surface area contributed by atoms with Gasteiger partial charge in [0.2, 0.25) is 15.9 Å². The maximum atomic E-state index is 12.8. The minimum Gasteiger partial charge on any atom is -0.324 e. The summed E-state index contributed by atoms with van der Waals surface area (Å²) in [5.74, 6) is -0.304. The summed E-state index contributed by atoms with van der Waals surface area (Å²) < 4.78 is 27.7. The van der Waals surface area contributed by atoms with Crippen LogP contribution in [0.15, 0.2) is 51.8 Å². The first-order chi connectivity index (χ1) is 14.2. The quantitative estimate of drug-likeness (QED) is 0.485. The van der Waals surface area contributed by atoms with Crippen molar-refractivity contribution in [3.8, 4) is 0 Å². The Kier molecular flexibility index (Phi) is 6.86. The zero-order valence-corrected chi connectivity index (χ0v) is 18.6. The zero-order chi connectivity index (χ0) is 21.9. The fourth-order valence-corrected chi connectivity index (χ4v) is 5.17. The van der Waals surface area contributed by atoms with Gasteiger partial charge in [-0.3, -0.25) is 19.8 Å². The molecule has 2 aromatic carbocycles. The molecular weight excluding hydrogens is 476 g/mol. The molecule has 1 fully saturated rings. The molecule has 2 aromatic rings. The molecule has 0 aromatic heterocycles. The molecule has 9 nitrogen and oxygen atoms in total. The monoisotopic (exact) mass is 496 g/mol. The second-order valence-corrected chi connectivity index (χ2v) is 9.80. The van der Waals surface area contributed by atoms with E-state index in [2.05, 4.69) is 21.2 Å². The third-order valence-corrected chi connectivity index (χ3v) is 7.23. The van der Waals surface area contributed by atoms with Gasteiger partial charge in [0.15, 0.2) is 0 Å². The first-order valence-electron chi connectivity index (χ1n) is 9.20. The highest BCUT2D eigenvalue weighted by atomic mass is 79.9. The van der Waals surface area contributed by atoms with Crippen LogP contribution in [0.4, 0.5) is 11.4 Å². The molecule has 0 spiro atoms. The number of sulfonamides is 1. The van der Waals surface area contributed by atoms with Crippen molar-refractivity contribution in [1.82, 2.24) is 9.21 Å². The van der Waals surface area contributed by atoms with Gasteiger partial charge in [0.1, 0.15) is 0 Å². The van der Waals surface area contributed by atoms with E-state index < -0.39 is 14.9 Å². The molecule has 1 heterocycles. The fourth-order valence-electron chi connectivity index (χ4n) is 3.16. The molecule has 1 aliphatic rings. The predicted molar refractivity (Wildman–Crippen MR) is 116 cm³/mol. The van der Waals surface area contributed by atoms with E-state index in [9.17, 15) is 23.3 Å². The summed E-state index contributed by atoms with van der Waals surface area (Å²) in [5.41, 5.74) is 1.02. The van der Waals surface area contributed by atoms with Crippen LogP contribution in [0.2, 0.25) is 0 Å². The maximum absolute atomic E-state index is 12.8. The second kappa shape index (κ2) is 9.21. The fraction of sp³-hybridized carbons (Fsp3) is 0.316. The summed E-state index contributed by atoms with van der Waals surface area (Å²) >= 11 is 3.29. The lowest BCUT2D eigenvalue weighted by molar-refractivity contribution is -0.384. The Hall–Kier alpha value is -2.34. The van der Waals surface area contributed by atoms with Gasteiger partial charge in [-0.2, -0.15) is 4.31 Å². The molecule has 0 atom stereocenters. The van der Waals surface area contributed by atoms with Gasteiger partial charge in [-0.15, -0.1) is 0 Å². The molecule has 30 heavy (non-hydrogen) atoms. The van der Waals surface area contributed by atoms with Crippen molar-refractivity contribution in [2.45, 2.75) is 11.8 Å². The Bertz CT molecular complexity index is 1070. The molecule has 0 saturated carbocycles. The number of anilines is 1. The van der Waals surface area contributed by atoms with Crippen molar-refractivity contribution in [2.24, 2.45) is 0 Å². The number of carbonyl (C=O) groups excluding carboxylic acids is 1. The van der Waals surface area contributed by atoms with Gasteiger partial charge < -0.3 is 5.32 Å². The van der Waals surface area contributed by atoms with E-state index in [-0.39, 0.29) is 36.1 Å². The van der Waals surface area contributed by atoms with Crippen molar-refractivity contribution < 1.29 is 18.1 Å². The molecule has 0 radical (unpaired) electrons. The Morgan fingerprint density at radius 1 is 1.17 bits per heavy atom. The molecule has 3 rings (SSSR count). The van der Waals surface area contributed by atoms with E-state index >= 15 is 0 Å². The molecule has 1 saturated heterocycles. The summed E-state index contributed by atoms with van der Waals surface area (Å²) in [6.07, 6.45) is 0. The number of nitrogens with one attached hydrogen (secondary N) is 1. The smallest absolute Gasteiger partial charge is 0.271 e. The van der Waals surface area contributed by atoms with Crippen LogP contribution in [0.5, 0.6) is 0 Å². The van der Waals surface area contributed by atoms with Gasteiger partial charge in [0, 0.05) is 42.8 Å². The highest BCUT2D eigenvalue weighted by molar-refractivity contribution is 9.10. The van der Waals surface area contributed by atoms with Crippen LogP contribution in [-0.4, -0.2) is 61.2 Å². The largest absolute Gasteiger partial charge is 0.324 e. The third kappa shape index (κ3) is 5.22. The van der Waals surface area contributed by atoms with E-state index in [4.69, 9.17) is 0 Å². The number of hydrogen-bond acceptors (Lipinski definition) is 6. The minimum absolute atomic E-state index is 0.0763. The van der Waals surface area contributed by atoms with Crippen LogP contribution in [0, 0.1) is 17.0 Å². The lowest BCUT2D eigenvalue weighted by Crippen LogP contribution is -2.50. The number of rotatable bonds is 6. The van der Waals surface area contributed by atoms with Crippen molar-refractivity contribution in [2.75, 3.05) is 38.0 Å². The molecule has 0 bridgehead atoms. The van der Waals surface area contributed by atoms with Crippen LogP contribution < -0.4 is 5.32 Å². The average molecular weight is 497 g/mol. The number of nitro benzene ring substituents is 1. The van der Waals surface area contributed by atoms with Gasteiger partial charge in [-0.25, -0.2) is 8.42 Å². The van der Waals surface area contributed by atoms with Gasteiger partial charge in [0.05, 0.1) is 22.1 Å². The number of hydrogen-bond donors (Lipinski definition) is 1.